The zero-order valence-corrected chi connectivity index (χ0v) is 37.1. The van der Waals surface area contributed by atoms with Gasteiger partial charge < -0.3 is 0 Å². The highest BCUT2D eigenvalue weighted by atomic mass is 14.9. The summed E-state index contributed by atoms with van der Waals surface area (Å²) in [6.45, 7) is 0. The average molecular weight is 863 g/mol. The van der Waals surface area contributed by atoms with Crippen LogP contribution in [0.3, 0.4) is 0 Å². The van der Waals surface area contributed by atoms with Crippen LogP contribution >= 0.6 is 0 Å². The van der Waals surface area contributed by atoms with Crippen LogP contribution in [0.25, 0.3) is 132 Å². The van der Waals surface area contributed by atoms with Gasteiger partial charge in [-0.15, -0.1) is 0 Å². The first-order valence-electron chi connectivity index (χ1n) is 23.3. The molecule has 0 fully saturated rings. The molecule has 0 atom stereocenters. The Morgan fingerprint density at radius 2 is 0.721 bits per heavy atom. The minimum atomic E-state index is 0.699. The van der Waals surface area contributed by atoms with Gasteiger partial charge in [0.05, 0.1) is 11.4 Å². The molecule has 0 amide bonds. The molecule has 68 heavy (non-hydrogen) atoms. The highest BCUT2D eigenvalue weighted by Gasteiger charge is 2.21. The van der Waals surface area contributed by atoms with Gasteiger partial charge >= 0.3 is 0 Å². The molecule has 2 heteroatoms. The van der Waals surface area contributed by atoms with Crippen molar-refractivity contribution in [1.29, 1.82) is 0 Å². The lowest BCUT2D eigenvalue weighted by atomic mass is 9.82. The SMILES string of the molecule is c1ccc(-c2nc(-c3ccc(-c4ccc(-c5c6ccccc6c(-c6ccccc6)c6c5ccc5ccccc56)c5ccccc45)cc3)cc(-c3cccc(-c4ccc5ccccc5c4)c3)n2)cc1. The van der Waals surface area contributed by atoms with Crippen LogP contribution in [0.5, 0.6) is 0 Å². The van der Waals surface area contributed by atoms with Crippen LogP contribution in [0.2, 0.25) is 0 Å². The molecule has 1 aromatic heterocycles. The maximum atomic E-state index is 5.19. The molecule has 12 aromatic carbocycles. The minimum Gasteiger partial charge on any atom is -0.228 e. The molecule has 0 radical (unpaired) electrons. The molecule has 0 bridgehead atoms. The molecule has 1 heterocycles. The largest absolute Gasteiger partial charge is 0.228 e. The Hall–Kier alpha value is -8.98. The molecule has 2 nitrogen and oxygen atoms in total. The Kier molecular flexibility index (Phi) is 9.54. The fourth-order valence-electron chi connectivity index (χ4n) is 10.4. The Morgan fingerprint density at radius 1 is 0.221 bits per heavy atom. The minimum absolute atomic E-state index is 0.699. The van der Waals surface area contributed by atoms with Crippen molar-refractivity contribution in [2.24, 2.45) is 0 Å². The average Bonchev–Trinajstić information content (AvgIpc) is 3.42. The molecule has 0 aliphatic carbocycles. The first-order chi connectivity index (χ1) is 33.7. The van der Waals surface area contributed by atoms with Crippen molar-refractivity contribution in [2.75, 3.05) is 0 Å². The van der Waals surface area contributed by atoms with Crippen molar-refractivity contribution in [3.8, 4) is 78.4 Å². The molecule has 13 aromatic rings. The van der Waals surface area contributed by atoms with Crippen molar-refractivity contribution in [3.05, 3.63) is 255 Å². The van der Waals surface area contributed by atoms with Crippen molar-refractivity contribution >= 4 is 53.9 Å². The number of fused-ring (bicyclic) bond motifs is 6. The van der Waals surface area contributed by atoms with Gasteiger partial charge in [0.1, 0.15) is 0 Å². The van der Waals surface area contributed by atoms with E-state index >= 15 is 0 Å². The van der Waals surface area contributed by atoms with Crippen molar-refractivity contribution < 1.29 is 0 Å². The van der Waals surface area contributed by atoms with Crippen LogP contribution < -0.4 is 0 Å². The van der Waals surface area contributed by atoms with Crippen LogP contribution in [-0.2, 0) is 0 Å². The highest BCUT2D eigenvalue weighted by Crippen LogP contribution is 2.48. The summed E-state index contributed by atoms with van der Waals surface area (Å²) in [7, 11) is 0. The Labute approximate surface area is 395 Å². The Balaban J connectivity index is 0.930. The quantitative estimate of drug-likeness (QED) is 0.118. The van der Waals surface area contributed by atoms with E-state index in [0.717, 1.165) is 39.2 Å². The van der Waals surface area contributed by atoms with E-state index in [1.807, 2.05) is 18.2 Å². The zero-order valence-electron chi connectivity index (χ0n) is 37.1. The zero-order chi connectivity index (χ0) is 45.0. The predicted octanol–water partition coefficient (Wildman–Crippen LogP) is 17.9. The van der Waals surface area contributed by atoms with Gasteiger partial charge in [-0.3, -0.25) is 0 Å². The molecule has 0 aliphatic heterocycles. The Morgan fingerprint density at radius 3 is 1.47 bits per heavy atom. The van der Waals surface area contributed by atoms with E-state index in [0.29, 0.717) is 5.82 Å². The normalized spacial score (nSPS) is 11.5. The molecule has 0 saturated carbocycles. The molecular weight excluding hydrogens is 821 g/mol. The van der Waals surface area contributed by atoms with Gasteiger partial charge in [0.2, 0.25) is 0 Å². The highest BCUT2D eigenvalue weighted by molar-refractivity contribution is 6.29. The lowest BCUT2D eigenvalue weighted by Crippen LogP contribution is -1.96. The number of aromatic nitrogens is 2. The number of benzene rings is 12. The van der Waals surface area contributed by atoms with E-state index in [1.165, 1.54) is 87.2 Å². The summed E-state index contributed by atoms with van der Waals surface area (Å²) >= 11 is 0. The van der Waals surface area contributed by atoms with Crippen LogP contribution in [0, 0.1) is 0 Å². The van der Waals surface area contributed by atoms with E-state index in [2.05, 4.69) is 237 Å². The molecule has 0 spiro atoms. The molecular formula is C66H42N2. The number of hydrogen-bond acceptors (Lipinski definition) is 2. The smallest absolute Gasteiger partial charge is 0.160 e. The van der Waals surface area contributed by atoms with Crippen LogP contribution in [0.4, 0.5) is 0 Å². The van der Waals surface area contributed by atoms with E-state index in [-0.39, 0.29) is 0 Å². The summed E-state index contributed by atoms with van der Waals surface area (Å²) in [6, 6.07) is 92.0. The van der Waals surface area contributed by atoms with Crippen LogP contribution in [0.1, 0.15) is 0 Å². The van der Waals surface area contributed by atoms with Gasteiger partial charge in [-0.25, -0.2) is 9.97 Å². The lowest BCUT2D eigenvalue weighted by molar-refractivity contribution is 1.18. The fraction of sp³-hybridized carbons (Fsp3) is 0. The van der Waals surface area contributed by atoms with Gasteiger partial charge in [0.25, 0.3) is 0 Å². The monoisotopic (exact) mass is 862 g/mol. The Bertz CT molecular complexity index is 4060. The number of nitrogens with zero attached hydrogens (tertiary/aromatic N) is 2. The fourth-order valence-corrected chi connectivity index (χ4v) is 10.4. The van der Waals surface area contributed by atoms with Gasteiger partial charge in [0.15, 0.2) is 5.82 Å². The van der Waals surface area contributed by atoms with Gasteiger partial charge in [0, 0.05) is 16.7 Å². The summed E-state index contributed by atoms with van der Waals surface area (Å²) in [5.41, 5.74) is 14.5. The summed E-state index contributed by atoms with van der Waals surface area (Å²) in [6.07, 6.45) is 0. The third-order valence-corrected chi connectivity index (χ3v) is 13.7. The van der Waals surface area contributed by atoms with Gasteiger partial charge in [-0.1, -0.05) is 237 Å². The van der Waals surface area contributed by atoms with E-state index in [4.69, 9.17) is 9.97 Å². The first kappa shape index (κ1) is 39.4. The molecule has 0 N–H and O–H groups in total. The summed E-state index contributed by atoms with van der Waals surface area (Å²) in [5.74, 6) is 0.699. The van der Waals surface area contributed by atoms with Gasteiger partial charge in [-0.2, -0.15) is 0 Å². The molecule has 0 unspecified atom stereocenters. The molecule has 13 rings (SSSR count). The third-order valence-electron chi connectivity index (χ3n) is 13.7. The van der Waals surface area contributed by atoms with Crippen LogP contribution in [-0.4, -0.2) is 9.97 Å². The van der Waals surface area contributed by atoms with Crippen LogP contribution in [0.15, 0.2) is 255 Å². The second-order valence-corrected chi connectivity index (χ2v) is 17.6. The number of rotatable bonds is 7. The lowest BCUT2D eigenvalue weighted by Gasteiger charge is -2.21. The number of hydrogen-bond donors (Lipinski definition) is 0. The maximum absolute atomic E-state index is 5.19. The molecule has 316 valence electrons. The van der Waals surface area contributed by atoms with Gasteiger partial charge in [-0.05, 0) is 117 Å². The third kappa shape index (κ3) is 6.82. The second-order valence-electron chi connectivity index (χ2n) is 17.6. The van der Waals surface area contributed by atoms with Crippen molar-refractivity contribution in [3.63, 3.8) is 0 Å². The predicted molar refractivity (Wildman–Crippen MR) is 288 cm³/mol. The topological polar surface area (TPSA) is 25.8 Å². The summed E-state index contributed by atoms with van der Waals surface area (Å²) in [4.78, 5) is 10.4. The van der Waals surface area contributed by atoms with E-state index in [9.17, 15) is 0 Å². The molecule has 0 aliphatic rings. The maximum Gasteiger partial charge on any atom is 0.160 e. The first-order valence-corrected chi connectivity index (χ1v) is 23.3. The van der Waals surface area contributed by atoms with Crippen molar-refractivity contribution in [2.45, 2.75) is 0 Å². The standard InChI is InChI=1S/C66H42N2/c1-3-18-47(19-4-1)63-57-28-13-14-29-58(57)64(60-37-36-44-17-9-10-25-54(44)65(60)63)59-39-38-53(55-26-11-12-27-56(55)59)45-31-33-46(34-32-45)61-42-62(68-66(67-61)48-20-5-2-6-21-48)52-24-15-23-50(41-52)51-35-30-43-16-7-8-22-49(43)40-51/h1-42H. The molecule has 0 saturated heterocycles. The van der Waals surface area contributed by atoms with E-state index in [1.54, 1.807) is 0 Å². The van der Waals surface area contributed by atoms with E-state index < -0.39 is 0 Å². The van der Waals surface area contributed by atoms with Crippen molar-refractivity contribution in [1.82, 2.24) is 9.97 Å². The second kappa shape index (κ2) is 16.5. The summed E-state index contributed by atoms with van der Waals surface area (Å²) in [5, 5.41) is 12.4. The summed E-state index contributed by atoms with van der Waals surface area (Å²) < 4.78 is 0.